The van der Waals surface area contributed by atoms with Gasteiger partial charge in [0.2, 0.25) is 0 Å². The maximum Gasteiger partial charge on any atom is 0.338 e. The first-order valence-electron chi connectivity index (χ1n) is 9.40. The van der Waals surface area contributed by atoms with E-state index in [0.717, 1.165) is 16.0 Å². The maximum atomic E-state index is 13.4. The quantitative estimate of drug-likeness (QED) is 0.455. The Morgan fingerprint density at radius 2 is 2.03 bits per heavy atom. The molecule has 30 heavy (non-hydrogen) atoms. The molecule has 0 amide bonds. The smallest absolute Gasteiger partial charge is 0.338 e. The van der Waals surface area contributed by atoms with Gasteiger partial charge in [0.05, 0.1) is 15.8 Å². The molecule has 7 heteroatoms. The van der Waals surface area contributed by atoms with Crippen LogP contribution >= 0.6 is 22.7 Å². The topological polar surface area (TPSA) is 60.7 Å². The van der Waals surface area contributed by atoms with Gasteiger partial charge in [-0.3, -0.25) is 9.36 Å². The highest BCUT2D eigenvalue weighted by Gasteiger charge is 2.33. The number of rotatable bonds is 5. The molecule has 4 rings (SSSR count). The van der Waals surface area contributed by atoms with Crippen molar-refractivity contribution in [2.45, 2.75) is 19.9 Å². The Bertz CT molecular complexity index is 1310. The number of carbonyl (C=O) groups excluding carboxylic acids is 1. The van der Waals surface area contributed by atoms with E-state index in [1.54, 1.807) is 11.5 Å². The predicted molar refractivity (Wildman–Crippen MR) is 120 cm³/mol. The molecule has 1 aliphatic heterocycles. The van der Waals surface area contributed by atoms with Crippen molar-refractivity contribution in [3.63, 3.8) is 0 Å². The van der Waals surface area contributed by atoms with E-state index in [1.807, 2.05) is 54.8 Å². The number of fused-ring (bicyclic) bond motifs is 1. The highest BCUT2D eigenvalue weighted by Crippen LogP contribution is 2.33. The monoisotopic (exact) mass is 436 g/mol. The number of ether oxygens (including phenoxy) is 1. The van der Waals surface area contributed by atoms with Crippen LogP contribution in [-0.4, -0.2) is 17.1 Å². The fraction of sp³-hybridized carbons (Fsp3) is 0.174. The number of thiazole rings is 1. The van der Waals surface area contributed by atoms with Crippen LogP contribution < -0.4 is 14.9 Å². The van der Waals surface area contributed by atoms with Gasteiger partial charge in [-0.2, -0.15) is 0 Å². The van der Waals surface area contributed by atoms with Crippen LogP contribution in [0.25, 0.3) is 6.08 Å². The molecule has 152 valence electrons. The maximum absolute atomic E-state index is 13.4. The van der Waals surface area contributed by atoms with Crippen molar-refractivity contribution >= 4 is 34.7 Å². The van der Waals surface area contributed by atoms with Crippen LogP contribution in [0.5, 0.6) is 0 Å². The Morgan fingerprint density at radius 1 is 1.27 bits per heavy atom. The molecule has 0 saturated carbocycles. The molecule has 5 nitrogen and oxygen atoms in total. The van der Waals surface area contributed by atoms with Crippen molar-refractivity contribution < 1.29 is 9.53 Å². The van der Waals surface area contributed by atoms with Crippen LogP contribution in [-0.2, 0) is 9.53 Å². The van der Waals surface area contributed by atoms with E-state index in [9.17, 15) is 9.59 Å². The molecule has 0 saturated heterocycles. The second-order valence-electron chi connectivity index (χ2n) is 6.90. The normalized spacial score (nSPS) is 16.2. The summed E-state index contributed by atoms with van der Waals surface area (Å²) in [5, 5.41) is 1.93. The number of aryl methyl sites for hydroxylation is 1. The minimum absolute atomic E-state index is 0.102. The molecule has 1 aromatic carbocycles. The molecule has 0 radical (unpaired) electrons. The Kier molecular flexibility index (Phi) is 5.65. The molecule has 3 heterocycles. The lowest BCUT2D eigenvalue weighted by Crippen LogP contribution is -2.39. The third-order valence-corrected chi connectivity index (χ3v) is 6.67. The number of aromatic nitrogens is 1. The van der Waals surface area contributed by atoms with Gasteiger partial charge in [0, 0.05) is 4.88 Å². The summed E-state index contributed by atoms with van der Waals surface area (Å²) in [5.41, 5.74) is 2.88. The number of allylic oxidation sites excluding steroid dienone is 1. The largest absolute Gasteiger partial charge is 0.458 e. The number of benzene rings is 1. The SMILES string of the molecule is C=CCOC(=O)C1=C(C)N=c2s/c(=C\c3ccc(C)cc3)c(=O)n2C1c1cccs1. The van der Waals surface area contributed by atoms with E-state index in [2.05, 4.69) is 11.6 Å². The number of esters is 1. The van der Waals surface area contributed by atoms with Crippen molar-refractivity contribution in [1.29, 1.82) is 0 Å². The first-order valence-corrected chi connectivity index (χ1v) is 11.1. The summed E-state index contributed by atoms with van der Waals surface area (Å²) in [4.78, 5) is 32.2. The lowest BCUT2D eigenvalue weighted by atomic mass is 10.0. The minimum atomic E-state index is -0.557. The standard InChI is InChI=1S/C23H20N2O3S2/c1-4-11-28-22(27)19-15(3)24-23-25(20(19)17-6-5-12-29-17)21(26)18(30-23)13-16-9-7-14(2)8-10-16/h4-10,12-13,20H,1,11H2,2-3H3/b18-13-. The van der Waals surface area contributed by atoms with Crippen LogP contribution in [0, 0.1) is 6.92 Å². The zero-order chi connectivity index (χ0) is 21.3. The van der Waals surface area contributed by atoms with E-state index in [1.165, 1.54) is 28.7 Å². The molecule has 1 atom stereocenters. The van der Waals surface area contributed by atoms with Gasteiger partial charge in [-0.05, 0) is 36.9 Å². The molecule has 0 N–H and O–H groups in total. The highest BCUT2D eigenvalue weighted by molar-refractivity contribution is 7.10. The molecule has 0 bridgehead atoms. The third kappa shape index (κ3) is 3.74. The first-order chi connectivity index (χ1) is 14.5. The van der Waals surface area contributed by atoms with Crippen LogP contribution in [0.2, 0.25) is 0 Å². The molecule has 1 aliphatic rings. The molecule has 1 unspecified atom stereocenters. The van der Waals surface area contributed by atoms with Crippen molar-refractivity contribution in [2.75, 3.05) is 6.61 Å². The van der Waals surface area contributed by atoms with Crippen LogP contribution in [0.3, 0.4) is 0 Å². The van der Waals surface area contributed by atoms with Gasteiger partial charge in [-0.15, -0.1) is 11.3 Å². The Hall–Kier alpha value is -3.03. The fourth-order valence-electron chi connectivity index (χ4n) is 3.33. The zero-order valence-corrected chi connectivity index (χ0v) is 18.3. The minimum Gasteiger partial charge on any atom is -0.458 e. The molecule has 3 aromatic rings. The van der Waals surface area contributed by atoms with Gasteiger partial charge in [0.25, 0.3) is 5.56 Å². The summed E-state index contributed by atoms with van der Waals surface area (Å²) in [7, 11) is 0. The summed E-state index contributed by atoms with van der Waals surface area (Å²) >= 11 is 2.82. The number of thiophene rings is 1. The molecule has 0 fully saturated rings. The summed E-state index contributed by atoms with van der Waals surface area (Å²) < 4.78 is 7.49. The predicted octanol–water partition coefficient (Wildman–Crippen LogP) is 3.33. The molecular weight excluding hydrogens is 416 g/mol. The first kappa shape index (κ1) is 20.3. The molecular formula is C23H20N2O3S2. The number of carbonyl (C=O) groups is 1. The van der Waals surface area contributed by atoms with E-state index in [-0.39, 0.29) is 12.2 Å². The summed E-state index contributed by atoms with van der Waals surface area (Å²) in [6, 6.07) is 11.3. The Labute approximate surface area is 181 Å². The van der Waals surface area contributed by atoms with Crippen molar-refractivity contribution in [3.8, 4) is 0 Å². The summed E-state index contributed by atoms with van der Waals surface area (Å²) in [6.07, 6.45) is 3.38. The summed E-state index contributed by atoms with van der Waals surface area (Å²) in [6.45, 7) is 7.50. The Balaban J connectivity index is 1.90. The van der Waals surface area contributed by atoms with E-state index in [4.69, 9.17) is 4.74 Å². The van der Waals surface area contributed by atoms with Gasteiger partial charge in [-0.25, -0.2) is 9.79 Å². The van der Waals surface area contributed by atoms with E-state index >= 15 is 0 Å². The van der Waals surface area contributed by atoms with Crippen molar-refractivity contribution in [3.05, 3.63) is 101 Å². The number of hydrogen-bond donors (Lipinski definition) is 0. The van der Waals surface area contributed by atoms with Crippen LogP contribution in [0.15, 0.2) is 75.5 Å². The number of hydrogen-bond acceptors (Lipinski definition) is 6. The Morgan fingerprint density at radius 3 is 2.70 bits per heavy atom. The second-order valence-corrected chi connectivity index (χ2v) is 8.88. The highest BCUT2D eigenvalue weighted by atomic mass is 32.1. The van der Waals surface area contributed by atoms with Crippen LogP contribution in [0.1, 0.15) is 29.0 Å². The van der Waals surface area contributed by atoms with Crippen molar-refractivity contribution in [2.24, 2.45) is 4.99 Å². The average Bonchev–Trinajstić information content (AvgIpc) is 3.36. The van der Waals surface area contributed by atoms with Gasteiger partial charge < -0.3 is 4.74 Å². The lowest BCUT2D eigenvalue weighted by Gasteiger charge is -2.23. The third-order valence-electron chi connectivity index (χ3n) is 4.76. The van der Waals surface area contributed by atoms with Gasteiger partial charge in [0.1, 0.15) is 12.6 Å². The molecule has 0 spiro atoms. The lowest BCUT2D eigenvalue weighted by molar-refractivity contribution is -0.138. The number of nitrogens with zero attached hydrogens (tertiary/aromatic N) is 2. The molecule has 0 aliphatic carbocycles. The van der Waals surface area contributed by atoms with E-state index < -0.39 is 12.0 Å². The second kappa shape index (κ2) is 8.38. The van der Waals surface area contributed by atoms with Gasteiger partial charge in [-0.1, -0.05) is 59.9 Å². The van der Waals surface area contributed by atoms with Crippen LogP contribution in [0.4, 0.5) is 0 Å². The van der Waals surface area contributed by atoms with Crippen molar-refractivity contribution in [1.82, 2.24) is 4.57 Å². The molecule has 2 aromatic heterocycles. The van der Waals surface area contributed by atoms with Gasteiger partial charge >= 0.3 is 5.97 Å². The fourth-order valence-corrected chi connectivity index (χ4v) is 5.20. The van der Waals surface area contributed by atoms with Gasteiger partial charge in [0.15, 0.2) is 4.80 Å². The van der Waals surface area contributed by atoms with E-state index in [0.29, 0.717) is 20.6 Å². The zero-order valence-electron chi connectivity index (χ0n) is 16.6. The summed E-state index contributed by atoms with van der Waals surface area (Å²) in [5.74, 6) is -0.484. The average molecular weight is 437 g/mol.